The quantitative estimate of drug-likeness (QED) is 0.651. The van der Waals surface area contributed by atoms with E-state index in [2.05, 4.69) is 41.4 Å². The zero-order valence-corrected chi connectivity index (χ0v) is 15.3. The third-order valence-electron chi connectivity index (χ3n) is 3.64. The second-order valence-electron chi connectivity index (χ2n) is 5.46. The monoisotopic (exact) mass is 357 g/mol. The molecular weight excluding hydrogens is 338 g/mol. The summed E-state index contributed by atoms with van der Waals surface area (Å²) >= 11 is 7.21. The molecule has 0 aliphatic rings. The number of methoxy groups -OCH3 is 1. The standard InChI is InChI=1S/C18H19N3OS2/c1-13-5-3-6-14(9-13)11-24-12-17-19-20-18(23)21(17)15-7-4-8-16(10-15)22-2/h3-10H,11-12H2,1-2H3,(H,20,23). The third kappa shape index (κ3) is 3.88. The number of nitrogens with one attached hydrogen (secondary N) is 1. The van der Waals surface area contributed by atoms with E-state index < -0.39 is 0 Å². The summed E-state index contributed by atoms with van der Waals surface area (Å²) in [6, 6.07) is 16.4. The highest BCUT2D eigenvalue weighted by molar-refractivity contribution is 7.97. The van der Waals surface area contributed by atoms with Gasteiger partial charge in [0.25, 0.3) is 0 Å². The Morgan fingerprint density at radius 3 is 2.79 bits per heavy atom. The minimum Gasteiger partial charge on any atom is -0.497 e. The van der Waals surface area contributed by atoms with Gasteiger partial charge in [-0.25, -0.2) is 0 Å². The topological polar surface area (TPSA) is 42.8 Å². The van der Waals surface area contributed by atoms with Gasteiger partial charge >= 0.3 is 0 Å². The van der Waals surface area contributed by atoms with Crippen LogP contribution in [0.15, 0.2) is 48.5 Å². The summed E-state index contributed by atoms with van der Waals surface area (Å²) in [5.41, 5.74) is 3.56. The van der Waals surface area contributed by atoms with Crippen molar-refractivity contribution in [2.24, 2.45) is 0 Å². The molecule has 0 fully saturated rings. The maximum Gasteiger partial charge on any atom is 0.199 e. The molecule has 0 unspecified atom stereocenters. The fourth-order valence-corrected chi connectivity index (χ4v) is 3.65. The molecule has 4 nitrogen and oxygen atoms in total. The van der Waals surface area contributed by atoms with Crippen LogP contribution in [-0.4, -0.2) is 21.9 Å². The van der Waals surface area contributed by atoms with Crippen LogP contribution in [0, 0.1) is 11.7 Å². The van der Waals surface area contributed by atoms with Crippen LogP contribution in [0.25, 0.3) is 5.69 Å². The minimum atomic E-state index is 0.592. The lowest BCUT2D eigenvalue weighted by Crippen LogP contribution is -2.01. The molecule has 1 aromatic heterocycles. The molecule has 0 saturated heterocycles. The Morgan fingerprint density at radius 1 is 1.17 bits per heavy atom. The second kappa shape index (κ2) is 7.68. The number of aromatic nitrogens is 3. The molecule has 3 aromatic rings. The number of aryl methyl sites for hydroxylation is 1. The number of thioether (sulfide) groups is 1. The first-order valence-electron chi connectivity index (χ1n) is 7.61. The normalized spacial score (nSPS) is 10.8. The molecule has 3 rings (SSSR count). The zero-order chi connectivity index (χ0) is 16.9. The van der Waals surface area contributed by atoms with E-state index in [0.717, 1.165) is 28.8 Å². The molecule has 0 aliphatic heterocycles. The third-order valence-corrected chi connectivity index (χ3v) is 4.91. The summed E-state index contributed by atoms with van der Waals surface area (Å²) in [5, 5.41) is 7.27. The summed E-state index contributed by atoms with van der Waals surface area (Å²) in [5.74, 6) is 3.43. The first-order valence-corrected chi connectivity index (χ1v) is 9.17. The van der Waals surface area contributed by atoms with Gasteiger partial charge < -0.3 is 4.74 Å². The zero-order valence-electron chi connectivity index (χ0n) is 13.7. The Bertz CT molecular complexity index is 886. The van der Waals surface area contributed by atoms with Gasteiger partial charge in [-0.2, -0.15) is 5.10 Å². The van der Waals surface area contributed by atoms with E-state index in [4.69, 9.17) is 17.0 Å². The van der Waals surface area contributed by atoms with E-state index in [1.807, 2.05) is 40.6 Å². The van der Waals surface area contributed by atoms with Gasteiger partial charge in [0.05, 0.1) is 18.6 Å². The van der Waals surface area contributed by atoms with Gasteiger partial charge in [0.1, 0.15) is 11.6 Å². The van der Waals surface area contributed by atoms with Gasteiger partial charge in [0.2, 0.25) is 0 Å². The Hall–Kier alpha value is -2.05. The molecular formula is C18H19N3OS2. The molecule has 0 radical (unpaired) electrons. The number of hydrogen-bond acceptors (Lipinski definition) is 4. The van der Waals surface area contributed by atoms with Crippen molar-refractivity contribution in [2.45, 2.75) is 18.4 Å². The molecule has 1 N–H and O–H groups in total. The first-order chi connectivity index (χ1) is 11.7. The number of H-pyrrole nitrogens is 1. The molecule has 0 saturated carbocycles. The Balaban J connectivity index is 1.76. The smallest absolute Gasteiger partial charge is 0.199 e. The van der Waals surface area contributed by atoms with Crippen LogP contribution in [-0.2, 0) is 11.5 Å². The van der Waals surface area contributed by atoms with E-state index in [1.165, 1.54) is 11.1 Å². The van der Waals surface area contributed by atoms with Gasteiger partial charge in [-0.1, -0.05) is 35.9 Å². The van der Waals surface area contributed by atoms with Crippen molar-refractivity contribution < 1.29 is 4.74 Å². The van der Waals surface area contributed by atoms with E-state index in [9.17, 15) is 0 Å². The lowest BCUT2D eigenvalue weighted by molar-refractivity contribution is 0.414. The summed E-state index contributed by atoms with van der Waals surface area (Å²) in [6.45, 7) is 2.11. The van der Waals surface area contributed by atoms with Gasteiger partial charge in [-0.05, 0) is 36.8 Å². The summed E-state index contributed by atoms with van der Waals surface area (Å²) in [4.78, 5) is 0. The molecule has 24 heavy (non-hydrogen) atoms. The van der Waals surface area contributed by atoms with Crippen LogP contribution in [0.5, 0.6) is 5.75 Å². The Labute approximate surface area is 150 Å². The summed E-state index contributed by atoms with van der Waals surface area (Å²) < 4.78 is 7.85. The van der Waals surface area contributed by atoms with Crippen LogP contribution in [0.3, 0.4) is 0 Å². The number of aromatic amines is 1. The molecule has 0 aliphatic carbocycles. The van der Waals surface area contributed by atoms with Crippen molar-refractivity contribution in [3.8, 4) is 11.4 Å². The molecule has 6 heteroatoms. The van der Waals surface area contributed by atoms with Gasteiger partial charge in [-0.15, -0.1) is 11.8 Å². The maximum absolute atomic E-state index is 5.39. The highest BCUT2D eigenvalue weighted by Gasteiger charge is 2.09. The van der Waals surface area contributed by atoms with Crippen molar-refractivity contribution in [3.63, 3.8) is 0 Å². The van der Waals surface area contributed by atoms with E-state index in [1.54, 1.807) is 7.11 Å². The van der Waals surface area contributed by atoms with E-state index >= 15 is 0 Å². The number of nitrogens with zero attached hydrogens (tertiary/aromatic N) is 2. The van der Waals surface area contributed by atoms with Crippen LogP contribution in [0.1, 0.15) is 17.0 Å². The number of rotatable bonds is 6. The van der Waals surface area contributed by atoms with Gasteiger partial charge in [-0.3, -0.25) is 9.67 Å². The summed E-state index contributed by atoms with van der Waals surface area (Å²) in [6.07, 6.45) is 0. The van der Waals surface area contributed by atoms with Crippen molar-refractivity contribution in [1.82, 2.24) is 14.8 Å². The number of hydrogen-bond donors (Lipinski definition) is 1. The fourth-order valence-electron chi connectivity index (χ4n) is 2.50. The predicted octanol–water partition coefficient (Wildman–Crippen LogP) is 4.68. The minimum absolute atomic E-state index is 0.592. The average Bonchev–Trinajstić information content (AvgIpc) is 2.96. The van der Waals surface area contributed by atoms with E-state index in [0.29, 0.717) is 4.77 Å². The highest BCUT2D eigenvalue weighted by Crippen LogP contribution is 2.22. The predicted molar refractivity (Wildman–Crippen MR) is 101 cm³/mol. The van der Waals surface area contributed by atoms with E-state index in [-0.39, 0.29) is 0 Å². The molecule has 0 spiro atoms. The molecule has 0 bridgehead atoms. The first kappa shape index (κ1) is 16.8. The Morgan fingerprint density at radius 2 is 2.00 bits per heavy atom. The van der Waals surface area contributed by atoms with Crippen LogP contribution in [0.4, 0.5) is 0 Å². The lowest BCUT2D eigenvalue weighted by atomic mass is 10.2. The SMILES string of the molecule is COc1cccc(-n2c(CSCc3cccc(C)c3)n[nH]c2=S)c1. The van der Waals surface area contributed by atoms with Crippen molar-refractivity contribution in [3.05, 3.63) is 70.3 Å². The van der Waals surface area contributed by atoms with Gasteiger partial charge in [0.15, 0.2) is 4.77 Å². The average molecular weight is 358 g/mol. The molecule has 0 amide bonds. The van der Waals surface area contributed by atoms with Crippen molar-refractivity contribution in [1.29, 1.82) is 0 Å². The van der Waals surface area contributed by atoms with Crippen LogP contribution < -0.4 is 4.74 Å². The number of ether oxygens (including phenoxy) is 1. The second-order valence-corrected chi connectivity index (χ2v) is 6.84. The molecule has 2 aromatic carbocycles. The fraction of sp³-hybridized carbons (Fsp3) is 0.222. The molecule has 1 heterocycles. The molecule has 124 valence electrons. The number of benzene rings is 2. The van der Waals surface area contributed by atoms with Crippen LogP contribution >= 0.6 is 24.0 Å². The largest absolute Gasteiger partial charge is 0.497 e. The Kier molecular flexibility index (Phi) is 5.37. The van der Waals surface area contributed by atoms with Gasteiger partial charge in [0, 0.05) is 11.8 Å². The van der Waals surface area contributed by atoms with Crippen molar-refractivity contribution >= 4 is 24.0 Å². The highest BCUT2D eigenvalue weighted by atomic mass is 32.2. The lowest BCUT2D eigenvalue weighted by Gasteiger charge is -2.08. The van der Waals surface area contributed by atoms with Crippen LogP contribution in [0.2, 0.25) is 0 Å². The summed E-state index contributed by atoms with van der Waals surface area (Å²) in [7, 11) is 1.66. The maximum atomic E-state index is 5.39. The van der Waals surface area contributed by atoms with Crippen molar-refractivity contribution in [2.75, 3.05) is 7.11 Å². The molecule has 0 atom stereocenters.